The van der Waals surface area contributed by atoms with Gasteiger partial charge in [0, 0.05) is 18.5 Å². The van der Waals surface area contributed by atoms with Gasteiger partial charge in [0.2, 0.25) is 5.91 Å². The van der Waals surface area contributed by atoms with Crippen LogP contribution in [0.1, 0.15) is 52.4 Å². The summed E-state index contributed by atoms with van der Waals surface area (Å²) in [6.45, 7) is 4.87. The summed E-state index contributed by atoms with van der Waals surface area (Å²) in [7, 11) is 1.92. The quantitative estimate of drug-likeness (QED) is 0.748. The first-order valence-electron chi connectivity index (χ1n) is 7.08. The van der Waals surface area contributed by atoms with E-state index in [-0.39, 0.29) is 11.8 Å². The van der Waals surface area contributed by atoms with Crippen LogP contribution >= 0.6 is 0 Å². The van der Waals surface area contributed by atoms with Crippen molar-refractivity contribution >= 4 is 5.91 Å². The minimum Gasteiger partial charge on any atom is -0.354 e. The van der Waals surface area contributed by atoms with Gasteiger partial charge in [0.05, 0.1) is 0 Å². The van der Waals surface area contributed by atoms with Crippen molar-refractivity contribution < 1.29 is 4.79 Å². The molecular weight excluding hydrogens is 212 g/mol. The van der Waals surface area contributed by atoms with Gasteiger partial charge < -0.3 is 10.6 Å². The summed E-state index contributed by atoms with van der Waals surface area (Å²) in [6.07, 6.45) is 7.82. The van der Waals surface area contributed by atoms with E-state index in [0.29, 0.717) is 6.04 Å². The van der Waals surface area contributed by atoms with Crippen molar-refractivity contribution in [2.45, 2.75) is 58.4 Å². The molecule has 1 aliphatic rings. The lowest BCUT2D eigenvalue weighted by molar-refractivity contribution is -0.125. The molecule has 0 aliphatic heterocycles. The second-order valence-electron chi connectivity index (χ2n) is 5.58. The highest BCUT2D eigenvalue weighted by Gasteiger charge is 2.20. The van der Waals surface area contributed by atoms with Gasteiger partial charge in [-0.2, -0.15) is 0 Å². The van der Waals surface area contributed by atoms with Crippen molar-refractivity contribution in [1.82, 2.24) is 10.6 Å². The summed E-state index contributed by atoms with van der Waals surface area (Å²) in [4.78, 5) is 11.9. The van der Waals surface area contributed by atoms with Gasteiger partial charge >= 0.3 is 0 Å². The van der Waals surface area contributed by atoms with E-state index >= 15 is 0 Å². The fraction of sp³-hybridized carbons (Fsp3) is 0.929. The molecule has 17 heavy (non-hydrogen) atoms. The first-order chi connectivity index (χ1) is 8.13. The number of likely N-dealkylation sites (N-methyl/N-ethyl adjacent to an activating group) is 1. The Morgan fingerprint density at radius 1 is 1.24 bits per heavy atom. The molecule has 0 bridgehead atoms. The van der Waals surface area contributed by atoms with Crippen LogP contribution in [0.5, 0.6) is 0 Å². The minimum atomic E-state index is 0.169. The maximum atomic E-state index is 11.9. The standard InChI is InChI=1S/C14H28N2O/c1-11(9-13-7-5-4-6-8-13)14(17)16-10-12(2)15-3/h11-13,15H,4-10H2,1-3H3,(H,16,17). The molecule has 1 rings (SSSR count). The van der Waals surface area contributed by atoms with Gasteiger partial charge in [0.25, 0.3) is 0 Å². The zero-order chi connectivity index (χ0) is 12.7. The topological polar surface area (TPSA) is 41.1 Å². The molecule has 0 saturated heterocycles. The van der Waals surface area contributed by atoms with Gasteiger partial charge in [-0.05, 0) is 26.3 Å². The Bertz CT molecular complexity index is 224. The summed E-state index contributed by atoms with van der Waals surface area (Å²) >= 11 is 0. The summed E-state index contributed by atoms with van der Waals surface area (Å²) in [6, 6.07) is 0.348. The Balaban J connectivity index is 2.21. The van der Waals surface area contributed by atoms with Crippen LogP contribution in [0.4, 0.5) is 0 Å². The van der Waals surface area contributed by atoms with Crippen LogP contribution in [0, 0.1) is 11.8 Å². The van der Waals surface area contributed by atoms with Crippen molar-refractivity contribution in [2.24, 2.45) is 11.8 Å². The maximum absolute atomic E-state index is 11.9. The molecule has 0 heterocycles. The third kappa shape index (κ3) is 5.53. The van der Waals surface area contributed by atoms with Gasteiger partial charge in [-0.1, -0.05) is 39.0 Å². The Hall–Kier alpha value is -0.570. The maximum Gasteiger partial charge on any atom is 0.222 e. The van der Waals surface area contributed by atoms with Crippen molar-refractivity contribution in [1.29, 1.82) is 0 Å². The average molecular weight is 240 g/mol. The summed E-state index contributed by atoms with van der Waals surface area (Å²) in [5.41, 5.74) is 0. The predicted molar refractivity (Wildman–Crippen MR) is 71.9 cm³/mol. The normalized spacial score (nSPS) is 20.9. The van der Waals surface area contributed by atoms with E-state index in [4.69, 9.17) is 0 Å². The molecular formula is C14H28N2O. The van der Waals surface area contributed by atoms with E-state index < -0.39 is 0 Å². The molecule has 0 aromatic carbocycles. The number of hydrogen-bond acceptors (Lipinski definition) is 2. The molecule has 100 valence electrons. The highest BCUT2D eigenvalue weighted by molar-refractivity contribution is 5.78. The third-order valence-electron chi connectivity index (χ3n) is 3.93. The molecule has 0 aromatic rings. The highest BCUT2D eigenvalue weighted by atomic mass is 16.1. The number of hydrogen-bond donors (Lipinski definition) is 2. The van der Waals surface area contributed by atoms with Gasteiger partial charge in [-0.15, -0.1) is 0 Å². The van der Waals surface area contributed by atoms with Crippen LogP contribution in [0.15, 0.2) is 0 Å². The Labute approximate surface area is 106 Å². The van der Waals surface area contributed by atoms with E-state index in [2.05, 4.69) is 24.5 Å². The van der Waals surface area contributed by atoms with Gasteiger partial charge in [0.1, 0.15) is 0 Å². The summed E-state index contributed by atoms with van der Waals surface area (Å²) < 4.78 is 0. The van der Waals surface area contributed by atoms with Crippen LogP contribution < -0.4 is 10.6 Å². The molecule has 0 radical (unpaired) electrons. The molecule has 0 spiro atoms. The van der Waals surface area contributed by atoms with Crippen LogP contribution in [-0.4, -0.2) is 25.5 Å². The SMILES string of the molecule is CNC(C)CNC(=O)C(C)CC1CCCCC1. The van der Waals surface area contributed by atoms with Crippen LogP contribution in [-0.2, 0) is 4.79 Å². The van der Waals surface area contributed by atoms with E-state index in [1.54, 1.807) is 0 Å². The lowest BCUT2D eigenvalue weighted by Crippen LogP contribution is -2.39. The third-order valence-corrected chi connectivity index (χ3v) is 3.93. The van der Waals surface area contributed by atoms with Crippen molar-refractivity contribution in [3.8, 4) is 0 Å². The van der Waals surface area contributed by atoms with Crippen molar-refractivity contribution in [2.75, 3.05) is 13.6 Å². The molecule has 1 amide bonds. The monoisotopic (exact) mass is 240 g/mol. The van der Waals surface area contributed by atoms with E-state index in [1.807, 2.05) is 7.05 Å². The molecule has 0 aromatic heterocycles. The predicted octanol–water partition coefficient (Wildman–Crippen LogP) is 2.32. The number of carbonyl (C=O) groups excluding carboxylic acids is 1. The first-order valence-corrected chi connectivity index (χ1v) is 7.08. The zero-order valence-electron chi connectivity index (χ0n) is 11.6. The van der Waals surface area contributed by atoms with Gasteiger partial charge in [0.15, 0.2) is 0 Å². The number of carbonyl (C=O) groups is 1. The number of nitrogens with one attached hydrogen (secondary N) is 2. The summed E-state index contributed by atoms with van der Waals surface area (Å²) in [5.74, 6) is 1.17. The molecule has 1 saturated carbocycles. The fourth-order valence-corrected chi connectivity index (χ4v) is 2.56. The fourth-order valence-electron chi connectivity index (χ4n) is 2.56. The van der Waals surface area contributed by atoms with Crippen LogP contribution in [0.3, 0.4) is 0 Å². The smallest absolute Gasteiger partial charge is 0.222 e. The zero-order valence-corrected chi connectivity index (χ0v) is 11.6. The van der Waals surface area contributed by atoms with E-state index in [9.17, 15) is 4.79 Å². The lowest BCUT2D eigenvalue weighted by atomic mass is 9.83. The molecule has 1 fully saturated rings. The first kappa shape index (κ1) is 14.5. The van der Waals surface area contributed by atoms with E-state index in [0.717, 1.165) is 18.9 Å². The Morgan fingerprint density at radius 3 is 2.47 bits per heavy atom. The minimum absolute atomic E-state index is 0.169. The Morgan fingerprint density at radius 2 is 1.88 bits per heavy atom. The highest BCUT2D eigenvalue weighted by Crippen LogP contribution is 2.28. The average Bonchev–Trinajstić information content (AvgIpc) is 2.36. The van der Waals surface area contributed by atoms with Gasteiger partial charge in [-0.25, -0.2) is 0 Å². The number of amides is 1. The van der Waals surface area contributed by atoms with Crippen molar-refractivity contribution in [3.05, 3.63) is 0 Å². The van der Waals surface area contributed by atoms with Crippen molar-refractivity contribution in [3.63, 3.8) is 0 Å². The summed E-state index contributed by atoms with van der Waals surface area (Å²) in [5, 5.41) is 6.15. The molecule has 3 heteroatoms. The van der Waals surface area contributed by atoms with E-state index in [1.165, 1.54) is 32.1 Å². The Kier molecular flexibility index (Phi) is 6.56. The molecule has 2 unspecified atom stereocenters. The lowest BCUT2D eigenvalue weighted by Gasteiger charge is -2.24. The second-order valence-corrected chi connectivity index (χ2v) is 5.58. The molecule has 1 aliphatic carbocycles. The van der Waals surface area contributed by atoms with Gasteiger partial charge in [-0.3, -0.25) is 4.79 Å². The second kappa shape index (κ2) is 7.70. The number of rotatable bonds is 6. The van der Waals surface area contributed by atoms with Crippen LogP contribution in [0.2, 0.25) is 0 Å². The molecule has 2 N–H and O–H groups in total. The largest absolute Gasteiger partial charge is 0.354 e. The molecule has 2 atom stereocenters. The van der Waals surface area contributed by atoms with Crippen LogP contribution in [0.25, 0.3) is 0 Å². The molecule has 3 nitrogen and oxygen atoms in total.